The molecule has 0 spiro atoms. The molecule has 1 aromatic heterocycles. The lowest BCUT2D eigenvalue weighted by atomic mass is 10.1. The molecule has 0 aromatic carbocycles. The van der Waals surface area contributed by atoms with Crippen molar-refractivity contribution in [1.82, 2.24) is 14.4 Å². The Labute approximate surface area is 178 Å². The summed E-state index contributed by atoms with van der Waals surface area (Å²) in [6.45, 7) is 3.58. The third-order valence-corrected chi connectivity index (χ3v) is 5.19. The molecule has 3 rings (SSSR count). The van der Waals surface area contributed by atoms with Crippen molar-refractivity contribution < 1.29 is 32.6 Å². The summed E-state index contributed by atoms with van der Waals surface area (Å²) >= 11 is 0. The standard InChI is InChI=1S/C18H27N3O3.C2HF3O2/c1-19(2)11-12-21-15-8-10-20(18(23)16-4-3-13-24-16)9-7-14(15)5-6-17(21)22;3-2(4,5)1(6)7/h5-6,16H,3-4,7-13H2,1-2H3;(H,6,7)/t16-;/m1./s1. The molecular formula is C20H28F3N3O5. The zero-order valence-electron chi connectivity index (χ0n) is 17.7. The molecule has 0 radical (unpaired) electrons. The summed E-state index contributed by atoms with van der Waals surface area (Å²) in [6, 6.07) is 3.59. The van der Waals surface area contributed by atoms with Crippen LogP contribution in [-0.4, -0.2) is 84.0 Å². The zero-order valence-corrected chi connectivity index (χ0v) is 17.7. The predicted octanol–water partition coefficient (Wildman–Crippen LogP) is 1.15. The van der Waals surface area contributed by atoms with E-state index >= 15 is 0 Å². The third-order valence-electron chi connectivity index (χ3n) is 5.19. The highest BCUT2D eigenvalue weighted by Crippen LogP contribution is 2.19. The van der Waals surface area contributed by atoms with Gasteiger partial charge in [-0.25, -0.2) is 4.79 Å². The average molecular weight is 447 g/mol. The Morgan fingerprint density at radius 1 is 1.23 bits per heavy atom. The van der Waals surface area contributed by atoms with E-state index in [9.17, 15) is 22.8 Å². The lowest BCUT2D eigenvalue weighted by Crippen LogP contribution is -2.40. The number of pyridine rings is 1. The number of likely N-dealkylation sites (N-methyl/N-ethyl adjacent to an activating group) is 1. The van der Waals surface area contributed by atoms with Gasteiger partial charge in [0.05, 0.1) is 0 Å². The molecule has 11 heteroatoms. The van der Waals surface area contributed by atoms with E-state index in [0.29, 0.717) is 26.2 Å². The van der Waals surface area contributed by atoms with Crippen LogP contribution in [0.4, 0.5) is 13.2 Å². The highest BCUT2D eigenvalue weighted by molar-refractivity contribution is 5.81. The Morgan fingerprint density at radius 3 is 2.42 bits per heavy atom. The molecule has 1 atom stereocenters. The molecule has 1 aromatic rings. The second kappa shape index (κ2) is 10.8. The molecule has 174 valence electrons. The van der Waals surface area contributed by atoms with Crippen molar-refractivity contribution >= 4 is 11.9 Å². The summed E-state index contributed by atoms with van der Waals surface area (Å²) in [5.74, 6) is -2.64. The summed E-state index contributed by atoms with van der Waals surface area (Å²) in [4.78, 5) is 37.8. The first-order valence-electron chi connectivity index (χ1n) is 10.1. The monoisotopic (exact) mass is 447 g/mol. The molecule has 8 nitrogen and oxygen atoms in total. The largest absolute Gasteiger partial charge is 0.490 e. The molecule has 31 heavy (non-hydrogen) atoms. The van der Waals surface area contributed by atoms with Crippen LogP contribution in [0.15, 0.2) is 16.9 Å². The lowest BCUT2D eigenvalue weighted by Gasteiger charge is -2.23. The lowest BCUT2D eigenvalue weighted by molar-refractivity contribution is -0.192. The van der Waals surface area contributed by atoms with E-state index in [0.717, 1.165) is 37.9 Å². The van der Waals surface area contributed by atoms with Crippen LogP contribution >= 0.6 is 0 Å². The van der Waals surface area contributed by atoms with Crippen molar-refractivity contribution in [2.45, 2.75) is 44.5 Å². The smallest absolute Gasteiger partial charge is 0.475 e. The molecule has 2 aliphatic heterocycles. The van der Waals surface area contributed by atoms with Crippen LogP contribution in [-0.2, 0) is 33.7 Å². The molecule has 1 N–H and O–H groups in total. The van der Waals surface area contributed by atoms with E-state index in [1.807, 2.05) is 29.6 Å². The Hall–Kier alpha value is -2.40. The van der Waals surface area contributed by atoms with Gasteiger partial charge in [0.1, 0.15) is 6.10 Å². The quantitative estimate of drug-likeness (QED) is 0.745. The van der Waals surface area contributed by atoms with Crippen LogP contribution in [0.25, 0.3) is 0 Å². The number of aromatic nitrogens is 1. The maximum atomic E-state index is 12.6. The Balaban J connectivity index is 0.000000423. The first kappa shape index (κ1) is 24.9. The van der Waals surface area contributed by atoms with Gasteiger partial charge in [0.2, 0.25) is 0 Å². The highest BCUT2D eigenvalue weighted by atomic mass is 19.4. The number of hydrogen-bond donors (Lipinski definition) is 1. The van der Waals surface area contributed by atoms with Crippen LogP contribution in [0.2, 0.25) is 0 Å². The Morgan fingerprint density at radius 2 is 1.87 bits per heavy atom. The predicted molar refractivity (Wildman–Crippen MR) is 106 cm³/mol. The van der Waals surface area contributed by atoms with Gasteiger partial charge in [0, 0.05) is 51.0 Å². The van der Waals surface area contributed by atoms with Gasteiger partial charge in [0.25, 0.3) is 11.5 Å². The van der Waals surface area contributed by atoms with Gasteiger partial charge in [-0.3, -0.25) is 9.59 Å². The van der Waals surface area contributed by atoms with Gasteiger partial charge >= 0.3 is 12.1 Å². The van der Waals surface area contributed by atoms with Gasteiger partial charge in [-0.1, -0.05) is 6.07 Å². The Bertz CT molecular complexity index is 832. The normalized spacial score (nSPS) is 18.8. The molecule has 0 bridgehead atoms. The number of aliphatic carboxylic acids is 1. The van der Waals surface area contributed by atoms with E-state index in [1.165, 1.54) is 5.56 Å². The first-order chi connectivity index (χ1) is 14.5. The van der Waals surface area contributed by atoms with Crippen molar-refractivity contribution in [1.29, 1.82) is 0 Å². The molecule has 1 saturated heterocycles. The summed E-state index contributed by atoms with van der Waals surface area (Å²) in [5, 5.41) is 7.12. The van der Waals surface area contributed by atoms with Gasteiger partial charge in [0.15, 0.2) is 0 Å². The van der Waals surface area contributed by atoms with Crippen molar-refractivity contribution in [3.63, 3.8) is 0 Å². The number of fused-ring (bicyclic) bond motifs is 1. The van der Waals surface area contributed by atoms with E-state index < -0.39 is 12.1 Å². The maximum Gasteiger partial charge on any atom is 0.490 e. The third kappa shape index (κ3) is 7.06. The molecule has 2 aliphatic rings. The molecule has 0 saturated carbocycles. The number of halogens is 3. The van der Waals surface area contributed by atoms with Crippen LogP contribution in [0.1, 0.15) is 24.1 Å². The summed E-state index contributed by atoms with van der Waals surface area (Å²) in [5.41, 5.74) is 2.33. The minimum atomic E-state index is -5.08. The van der Waals surface area contributed by atoms with Gasteiger partial charge in [-0.05, 0) is 38.9 Å². The average Bonchev–Trinajstić information content (AvgIpc) is 3.13. The van der Waals surface area contributed by atoms with E-state index in [-0.39, 0.29) is 17.6 Å². The molecule has 3 heterocycles. The molecule has 1 fully saturated rings. The number of carbonyl (C=O) groups excluding carboxylic acids is 1. The molecule has 0 aliphatic carbocycles. The minimum absolute atomic E-state index is 0.0505. The van der Waals surface area contributed by atoms with Crippen molar-refractivity contribution in [3.8, 4) is 0 Å². The summed E-state index contributed by atoms with van der Waals surface area (Å²) in [6.07, 6.45) is -2.01. The van der Waals surface area contributed by atoms with E-state index in [2.05, 4.69) is 4.90 Å². The van der Waals surface area contributed by atoms with Gasteiger partial charge in [-0.15, -0.1) is 0 Å². The SMILES string of the molecule is CN(C)CCn1c2c(ccc1=O)CCN(C(=O)[C@H]1CCCO1)CC2.O=C(O)C(F)(F)F. The van der Waals surface area contributed by atoms with E-state index in [4.69, 9.17) is 14.6 Å². The number of amides is 1. The topological polar surface area (TPSA) is 92.1 Å². The number of alkyl halides is 3. The van der Waals surface area contributed by atoms with Crippen molar-refractivity contribution in [2.75, 3.05) is 40.3 Å². The number of carbonyl (C=O) groups is 2. The van der Waals surface area contributed by atoms with Crippen LogP contribution < -0.4 is 5.56 Å². The van der Waals surface area contributed by atoms with Crippen LogP contribution in [0.5, 0.6) is 0 Å². The minimum Gasteiger partial charge on any atom is -0.475 e. The zero-order chi connectivity index (χ0) is 23.2. The van der Waals surface area contributed by atoms with Gasteiger partial charge < -0.3 is 24.2 Å². The van der Waals surface area contributed by atoms with E-state index in [1.54, 1.807) is 6.07 Å². The fraction of sp³-hybridized carbons (Fsp3) is 0.650. The first-order valence-corrected chi connectivity index (χ1v) is 10.1. The van der Waals surface area contributed by atoms with Crippen molar-refractivity contribution in [2.24, 2.45) is 0 Å². The highest BCUT2D eigenvalue weighted by Gasteiger charge is 2.38. The molecular weight excluding hydrogens is 419 g/mol. The molecule has 1 amide bonds. The second-order valence-electron chi connectivity index (χ2n) is 7.73. The van der Waals surface area contributed by atoms with Crippen LogP contribution in [0.3, 0.4) is 0 Å². The number of carboxylic acid groups (broad SMARTS) is 1. The Kier molecular flexibility index (Phi) is 8.63. The summed E-state index contributed by atoms with van der Waals surface area (Å²) in [7, 11) is 4.02. The fourth-order valence-corrected chi connectivity index (χ4v) is 3.54. The van der Waals surface area contributed by atoms with Gasteiger partial charge in [-0.2, -0.15) is 13.2 Å². The fourth-order valence-electron chi connectivity index (χ4n) is 3.54. The second-order valence-corrected chi connectivity index (χ2v) is 7.73. The number of rotatable bonds is 4. The van der Waals surface area contributed by atoms with Crippen LogP contribution in [0, 0.1) is 0 Å². The summed E-state index contributed by atoms with van der Waals surface area (Å²) < 4.78 is 39.2. The maximum absolute atomic E-state index is 12.6. The number of ether oxygens (including phenoxy) is 1. The number of nitrogens with zero attached hydrogens (tertiary/aromatic N) is 3. The number of carboxylic acids is 1. The van der Waals surface area contributed by atoms with Crippen molar-refractivity contribution in [3.05, 3.63) is 33.7 Å². The molecule has 0 unspecified atom stereocenters. The number of hydrogen-bond acceptors (Lipinski definition) is 5.